The normalized spacial score (nSPS) is 10.5. The van der Waals surface area contributed by atoms with Gasteiger partial charge in [0.15, 0.2) is 0 Å². The van der Waals surface area contributed by atoms with E-state index >= 15 is 0 Å². The number of benzene rings is 2. The Morgan fingerprint density at radius 1 is 1.16 bits per heavy atom. The highest BCUT2D eigenvalue weighted by atomic mass is 19.1. The van der Waals surface area contributed by atoms with E-state index in [0.717, 1.165) is 11.1 Å². The summed E-state index contributed by atoms with van der Waals surface area (Å²) >= 11 is 0. The Morgan fingerprint density at radius 3 is 2.68 bits per heavy atom. The van der Waals surface area contributed by atoms with Gasteiger partial charge in [-0.3, -0.25) is 4.79 Å². The number of para-hydroxylation sites is 1. The monoisotopic (exact) mass is 341 g/mol. The Labute approximate surface area is 143 Å². The standard InChI is InChI=1S/C18H16FN3O3/c1-24-15-5-3-2-4-13(15)11-20-17(23)18-22-21-16(25-18)10-12-6-8-14(19)9-7-12/h2-9H,10-11H2,1H3,(H,20,23). The first kappa shape index (κ1) is 16.6. The fourth-order valence-electron chi connectivity index (χ4n) is 2.29. The molecule has 1 amide bonds. The van der Waals surface area contributed by atoms with E-state index < -0.39 is 5.91 Å². The maximum Gasteiger partial charge on any atom is 0.309 e. The molecule has 3 rings (SSSR count). The molecule has 0 unspecified atom stereocenters. The van der Waals surface area contributed by atoms with Crippen LogP contribution in [0.3, 0.4) is 0 Å². The van der Waals surface area contributed by atoms with E-state index in [1.165, 1.54) is 12.1 Å². The fraction of sp³-hybridized carbons (Fsp3) is 0.167. The zero-order chi connectivity index (χ0) is 17.6. The van der Waals surface area contributed by atoms with Crippen molar-refractivity contribution in [1.82, 2.24) is 15.5 Å². The number of aromatic nitrogens is 2. The van der Waals surface area contributed by atoms with Gasteiger partial charge >= 0.3 is 11.8 Å². The Balaban J connectivity index is 1.61. The molecule has 7 heteroatoms. The van der Waals surface area contributed by atoms with Crippen molar-refractivity contribution in [3.8, 4) is 5.75 Å². The zero-order valence-electron chi connectivity index (χ0n) is 13.5. The molecule has 1 heterocycles. The summed E-state index contributed by atoms with van der Waals surface area (Å²) in [6.07, 6.45) is 0.326. The molecule has 0 saturated carbocycles. The zero-order valence-corrected chi connectivity index (χ0v) is 13.5. The second-order valence-electron chi connectivity index (χ2n) is 5.30. The van der Waals surface area contributed by atoms with Crippen LogP contribution in [0.5, 0.6) is 5.75 Å². The lowest BCUT2D eigenvalue weighted by molar-refractivity contribution is 0.0914. The van der Waals surface area contributed by atoms with E-state index in [2.05, 4.69) is 15.5 Å². The molecule has 0 aliphatic carbocycles. The summed E-state index contributed by atoms with van der Waals surface area (Å²) in [4.78, 5) is 12.1. The van der Waals surface area contributed by atoms with Gasteiger partial charge in [-0.15, -0.1) is 10.2 Å². The minimum absolute atomic E-state index is 0.119. The minimum Gasteiger partial charge on any atom is -0.496 e. The molecule has 0 spiro atoms. The third kappa shape index (κ3) is 4.20. The van der Waals surface area contributed by atoms with Crippen LogP contribution in [-0.2, 0) is 13.0 Å². The molecule has 0 radical (unpaired) electrons. The highest BCUT2D eigenvalue weighted by Gasteiger charge is 2.15. The largest absolute Gasteiger partial charge is 0.496 e. The number of halogens is 1. The van der Waals surface area contributed by atoms with Crippen molar-refractivity contribution in [2.45, 2.75) is 13.0 Å². The summed E-state index contributed by atoms with van der Waals surface area (Å²) in [6.45, 7) is 0.276. The van der Waals surface area contributed by atoms with Crippen LogP contribution in [0.4, 0.5) is 4.39 Å². The van der Waals surface area contributed by atoms with E-state index in [1.807, 2.05) is 24.3 Å². The lowest BCUT2D eigenvalue weighted by Crippen LogP contribution is -2.23. The SMILES string of the molecule is COc1ccccc1CNC(=O)c1nnc(Cc2ccc(F)cc2)o1. The van der Waals surface area contributed by atoms with Crippen molar-refractivity contribution in [3.05, 3.63) is 77.3 Å². The van der Waals surface area contributed by atoms with Crippen LogP contribution in [-0.4, -0.2) is 23.2 Å². The predicted molar refractivity (Wildman–Crippen MR) is 87.7 cm³/mol. The lowest BCUT2D eigenvalue weighted by atomic mass is 10.1. The first-order chi connectivity index (χ1) is 12.2. The number of carbonyl (C=O) groups is 1. The number of amides is 1. The van der Waals surface area contributed by atoms with Gasteiger partial charge in [-0.05, 0) is 23.8 Å². The van der Waals surface area contributed by atoms with Gasteiger partial charge in [-0.1, -0.05) is 30.3 Å². The first-order valence-corrected chi connectivity index (χ1v) is 7.62. The predicted octanol–water partition coefficient (Wildman–Crippen LogP) is 2.74. The van der Waals surface area contributed by atoms with Crippen LogP contribution in [0, 0.1) is 5.82 Å². The summed E-state index contributed by atoms with van der Waals surface area (Å²) in [7, 11) is 1.57. The van der Waals surface area contributed by atoms with Gasteiger partial charge in [0.25, 0.3) is 0 Å². The smallest absolute Gasteiger partial charge is 0.309 e. The third-order valence-corrected chi connectivity index (χ3v) is 3.56. The molecule has 0 bridgehead atoms. The Hall–Kier alpha value is -3.22. The highest BCUT2D eigenvalue weighted by molar-refractivity contribution is 5.89. The molecule has 0 aliphatic rings. The minimum atomic E-state index is -0.469. The maximum absolute atomic E-state index is 12.9. The second-order valence-corrected chi connectivity index (χ2v) is 5.30. The molecular formula is C18H16FN3O3. The van der Waals surface area contributed by atoms with E-state index in [1.54, 1.807) is 19.2 Å². The molecule has 0 saturated heterocycles. The average Bonchev–Trinajstić information content (AvgIpc) is 3.10. The summed E-state index contributed by atoms with van der Waals surface area (Å²) in [5.41, 5.74) is 1.65. The van der Waals surface area contributed by atoms with Crippen molar-refractivity contribution < 1.29 is 18.3 Å². The van der Waals surface area contributed by atoms with Crippen molar-refractivity contribution in [2.75, 3.05) is 7.11 Å². The number of hydrogen-bond donors (Lipinski definition) is 1. The number of carbonyl (C=O) groups excluding carboxylic acids is 1. The number of nitrogens with one attached hydrogen (secondary N) is 1. The van der Waals surface area contributed by atoms with Crippen LogP contribution in [0.25, 0.3) is 0 Å². The molecule has 6 nitrogen and oxygen atoms in total. The molecule has 0 atom stereocenters. The van der Waals surface area contributed by atoms with Crippen LogP contribution in [0.15, 0.2) is 52.9 Å². The van der Waals surface area contributed by atoms with Crippen LogP contribution in [0.2, 0.25) is 0 Å². The van der Waals surface area contributed by atoms with Gasteiger partial charge in [0.05, 0.1) is 13.5 Å². The number of rotatable bonds is 6. The van der Waals surface area contributed by atoms with Crippen molar-refractivity contribution >= 4 is 5.91 Å². The molecule has 0 aliphatic heterocycles. The first-order valence-electron chi connectivity index (χ1n) is 7.62. The summed E-state index contributed by atoms with van der Waals surface area (Å²) in [5, 5.41) is 10.3. The molecule has 25 heavy (non-hydrogen) atoms. The Morgan fingerprint density at radius 2 is 1.92 bits per heavy atom. The molecule has 1 aromatic heterocycles. The topological polar surface area (TPSA) is 77.2 Å². The van der Waals surface area contributed by atoms with E-state index in [4.69, 9.17) is 9.15 Å². The maximum atomic E-state index is 12.9. The molecule has 0 fully saturated rings. The lowest BCUT2D eigenvalue weighted by Gasteiger charge is -2.08. The van der Waals surface area contributed by atoms with Gasteiger partial charge in [0.1, 0.15) is 11.6 Å². The second kappa shape index (κ2) is 7.57. The van der Waals surface area contributed by atoms with Crippen LogP contribution >= 0.6 is 0 Å². The van der Waals surface area contributed by atoms with Crippen LogP contribution in [0.1, 0.15) is 27.7 Å². The summed E-state index contributed by atoms with van der Waals surface area (Å²) in [5.74, 6) is 0.0702. The Kier molecular flexibility index (Phi) is 5.03. The number of methoxy groups -OCH3 is 1. The van der Waals surface area contributed by atoms with Gasteiger partial charge in [-0.2, -0.15) is 0 Å². The third-order valence-electron chi connectivity index (χ3n) is 3.56. The highest BCUT2D eigenvalue weighted by Crippen LogP contribution is 2.17. The van der Waals surface area contributed by atoms with E-state index in [0.29, 0.717) is 12.2 Å². The average molecular weight is 341 g/mol. The Bertz CT molecular complexity index is 862. The van der Waals surface area contributed by atoms with E-state index in [-0.39, 0.29) is 24.1 Å². The number of hydrogen-bond acceptors (Lipinski definition) is 5. The number of nitrogens with zero attached hydrogens (tertiary/aromatic N) is 2. The van der Waals surface area contributed by atoms with Gasteiger partial charge < -0.3 is 14.5 Å². The van der Waals surface area contributed by atoms with Crippen molar-refractivity contribution in [3.63, 3.8) is 0 Å². The summed E-state index contributed by atoms with van der Waals surface area (Å²) < 4.78 is 23.5. The van der Waals surface area contributed by atoms with Gasteiger partial charge in [0, 0.05) is 12.1 Å². The van der Waals surface area contributed by atoms with Crippen molar-refractivity contribution in [2.24, 2.45) is 0 Å². The summed E-state index contributed by atoms with van der Waals surface area (Å²) in [6, 6.07) is 13.3. The molecule has 128 valence electrons. The van der Waals surface area contributed by atoms with Gasteiger partial charge in [0.2, 0.25) is 5.89 Å². The van der Waals surface area contributed by atoms with Crippen LogP contribution < -0.4 is 10.1 Å². The fourth-order valence-corrected chi connectivity index (χ4v) is 2.29. The number of ether oxygens (including phenoxy) is 1. The van der Waals surface area contributed by atoms with Crippen molar-refractivity contribution in [1.29, 1.82) is 0 Å². The molecule has 3 aromatic rings. The molecule has 2 aromatic carbocycles. The molecular weight excluding hydrogens is 325 g/mol. The quantitative estimate of drug-likeness (QED) is 0.746. The van der Waals surface area contributed by atoms with E-state index in [9.17, 15) is 9.18 Å². The van der Waals surface area contributed by atoms with Gasteiger partial charge in [-0.25, -0.2) is 4.39 Å². The molecule has 1 N–H and O–H groups in total.